The lowest BCUT2D eigenvalue weighted by atomic mass is 10.0. The van der Waals surface area contributed by atoms with Gasteiger partial charge in [-0.25, -0.2) is 0 Å². The van der Waals surface area contributed by atoms with Gasteiger partial charge in [0, 0.05) is 0 Å². The van der Waals surface area contributed by atoms with Gasteiger partial charge in [-0.2, -0.15) is 0 Å². The molecule has 1 unspecified atom stereocenters. The molecule has 1 aromatic heterocycles. The Labute approximate surface area is 128 Å². The van der Waals surface area contributed by atoms with Crippen molar-refractivity contribution in [3.05, 3.63) is 52.4 Å². The molecular formula is C16H20BrNO2. The summed E-state index contributed by atoms with van der Waals surface area (Å²) in [5.74, 6) is 1.86. The summed E-state index contributed by atoms with van der Waals surface area (Å²) in [5.41, 5.74) is 1.18. The predicted molar refractivity (Wildman–Crippen MR) is 84.1 cm³/mol. The van der Waals surface area contributed by atoms with Gasteiger partial charge < -0.3 is 14.5 Å². The minimum Gasteiger partial charge on any atom is -0.496 e. The molecule has 0 aliphatic rings. The molecule has 108 valence electrons. The van der Waals surface area contributed by atoms with Crippen LogP contribution in [0.25, 0.3) is 0 Å². The number of nitrogens with one attached hydrogen (secondary N) is 1. The predicted octanol–water partition coefficient (Wildman–Crippen LogP) is 4.33. The van der Waals surface area contributed by atoms with Crippen LogP contribution in [0.2, 0.25) is 0 Å². The topological polar surface area (TPSA) is 34.4 Å². The normalized spacial score (nSPS) is 12.3. The Morgan fingerprint density at radius 2 is 2.05 bits per heavy atom. The Hall–Kier alpha value is -1.26. The molecule has 2 rings (SSSR count). The summed E-state index contributed by atoms with van der Waals surface area (Å²) in [7, 11) is 1.71. The van der Waals surface area contributed by atoms with Gasteiger partial charge in [-0.15, -0.1) is 0 Å². The summed E-state index contributed by atoms with van der Waals surface area (Å²) in [6.07, 6.45) is 1.92. The van der Waals surface area contributed by atoms with E-state index in [9.17, 15) is 0 Å². The van der Waals surface area contributed by atoms with Gasteiger partial charge in [-0.05, 0) is 59.1 Å². The van der Waals surface area contributed by atoms with Gasteiger partial charge in [-0.3, -0.25) is 0 Å². The summed E-state index contributed by atoms with van der Waals surface area (Å²) in [6, 6.07) is 12.2. The molecule has 0 aliphatic carbocycles. The third kappa shape index (κ3) is 3.87. The minimum atomic E-state index is 0.151. The van der Waals surface area contributed by atoms with E-state index in [4.69, 9.17) is 9.15 Å². The standard InChI is InChI=1S/C16H20BrNO2/c1-3-10-18-13(15-8-9-16(17)20-15)11-12-6-4-5-7-14(12)19-2/h4-9,13,18H,3,10-11H2,1-2H3. The fraction of sp³-hybridized carbons (Fsp3) is 0.375. The van der Waals surface area contributed by atoms with Gasteiger partial charge >= 0.3 is 0 Å². The summed E-state index contributed by atoms with van der Waals surface area (Å²) in [6.45, 7) is 3.11. The van der Waals surface area contributed by atoms with Crippen LogP contribution in [0, 0.1) is 0 Å². The summed E-state index contributed by atoms with van der Waals surface area (Å²) < 4.78 is 11.9. The second-order valence-electron chi connectivity index (χ2n) is 4.66. The van der Waals surface area contributed by atoms with E-state index >= 15 is 0 Å². The van der Waals surface area contributed by atoms with E-state index in [1.54, 1.807) is 7.11 Å². The second-order valence-corrected chi connectivity index (χ2v) is 5.45. The molecule has 0 saturated heterocycles. The number of benzene rings is 1. The summed E-state index contributed by atoms with van der Waals surface area (Å²) in [4.78, 5) is 0. The van der Waals surface area contributed by atoms with Crippen molar-refractivity contribution in [1.29, 1.82) is 0 Å². The van der Waals surface area contributed by atoms with Crippen molar-refractivity contribution >= 4 is 15.9 Å². The number of rotatable bonds is 7. The molecule has 1 heterocycles. The van der Waals surface area contributed by atoms with Crippen LogP contribution in [0.15, 0.2) is 45.5 Å². The van der Waals surface area contributed by atoms with Gasteiger partial charge in [0.05, 0.1) is 13.2 Å². The smallest absolute Gasteiger partial charge is 0.169 e. The van der Waals surface area contributed by atoms with Crippen LogP contribution < -0.4 is 10.1 Å². The zero-order valence-corrected chi connectivity index (χ0v) is 13.4. The first kappa shape index (κ1) is 15.1. The third-order valence-electron chi connectivity index (χ3n) is 3.19. The van der Waals surface area contributed by atoms with E-state index in [0.29, 0.717) is 0 Å². The van der Waals surface area contributed by atoms with Gasteiger partial charge in [-0.1, -0.05) is 25.1 Å². The van der Waals surface area contributed by atoms with Gasteiger partial charge in [0.15, 0.2) is 4.67 Å². The van der Waals surface area contributed by atoms with Crippen molar-refractivity contribution < 1.29 is 9.15 Å². The number of ether oxygens (including phenoxy) is 1. The highest BCUT2D eigenvalue weighted by molar-refractivity contribution is 9.10. The maximum Gasteiger partial charge on any atom is 0.169 e. The molecule has 3 nitrogen and oxygen atoms in total. The van der Waals surface area contributed by atoms with Crippen LogP contribution in [-0.4, -0.2) is 13.7 Å². The average Bonchev–Trinajstić information content (AvgIpc) is 2.90. The molecule has 0 saturated carbocycles. The molecule has 0 spiro atoms. The molecule has 4 heteroatoms. The molecule has 0 amide bonds. The van der Waals surface area contributed by atoms with Gasteiger partial charge in [0.2, 0.25) is 0 Å². The fourth-order valence-electron chi connectivity index (χ4n) is 2.20. The minimum absolute atomic E-state index is 0.151. The number of halogens is 1. The first-order valence-corrected chi connectivity index (χ1v) is 7.64. The van der Waals surface area contributed by atoms with Crippen LogP contribution in [0.1, 0.15) is 30.7 Å². The van der Waals surface area contributed by atoms with Crippen molar-refractivity contribution in [2.24, 2.45) is 0 Å². The van der Waals surface area contributed by atoms with E-state index < -0.39 is 0 Å². The van der Waals surface area contributed by atoms with E-state index in [0.717, 1.165) is 35.6 Å². The molecule has 1 aromatic carbocycles. The Morgan fingerprint density at radius 1 is 1.25 bits per heavy atom. The van der Waals surface area contributed by atoms with E-state index in [2.05, 4.69) is 34.2 Å². The SMILES string of the molecule is CCCNC(Cc1ccccc1OC)c1ccc(Br)o1. The highest BCUT2D eigenvalue weighted by Crippen LogP contribution is 2.27. The van der Waals surface area contributed by atoms with Crippen molar-refractivity contribution in [3.63, 3.8) is 0 Å². The molecule has 0 bridgehead atoms. The van der Waals surface area contributed by atoms with Crippen LogP contribution >= 0.6 is 15.9 Å². The first-order chi connectivity index (χ1) is 9.74. The van der Waals surface area contributed by atoms with Crippen molar-refractivity contribution in [2.45, 2.75) is 25.8 Å². The van der Waals surface area contributed by atoms with Crippen LogP contribution in [0.4, 0.5) is 0 Å². The summed E-state index contributed by atoms with van der Waals surface area (Å²) in [5, 5.41) is 3.53. The van der Waals surface area contributed by atoms with Crippen LogP contribution in [0.5, 0.6) is 5.75 Å². The zero-order chi connectivity index (χ0) is 14.4. The van der Waals surface area contributed by atoms with Crippen molar-refractivity contribution in [1.82, 2.24) is 5.32 Å². The zero-order valence-electron chi connectivity index (χ0n) is 11.9. The highest BCUT2D eigenvalue weighted by Gasteiger charge is 2.17. The van der Waals surface area contributed by atoms with Gasteiger partial charge in [0.25, 0.3) is 0 Å². The second kappa shape index (κ2) is 7.50. The number of furan rings is 1. The lowest BCUT2D eigenvalue weighted by Crippen LogP contribution is -2.23. The molecular weight excluding hydrogens is 318 g/mol. The number of hydrogen-bond acceptors (Lipinski definition) is 3. The molecule has 1 N–H and O–H groups in total. The average molecular weight is 338 g/mol. The van der Waals surface area contributed by atoms with Crippen LogP contribution in [0.3, 0.4) is 0 Å². The molecule has 20 heavy (non-hydrogen) atoms. The quantitative estimate of drug-likeness (QED) is 0.816. The molecule has 2 aromatic rings. The monoisotopic (exact) mass is 337 g/mol. The van der Waals surface area contributed by atoms with Gasteiger partial charge in [0.1, 0.15) is 11.5 Å². The lowest BCUT2D eigenvalue weighted by Gasteiger charge is -2.18. The highest BCUT2D eigenvalue weighted by atomic mass is 79.9. The summed E-state index contributed by atoms with van der Waals surface area (Å²) >= 11 is 3.36. The fourth-order valence-corrected chi connectivity index (χ4v) is 2.52. The number of hydrogen-bond donors (Lipinski definition) is 1. The Kier molecular flexibility index (Phi) is 5.68. The van der Waals surface area contributed by atoms with E-state index in [-0.39, 0.29) is 6.04 Å². The largest absolute Gasteiger partial charge is 0.496 e. The van der Waals surface area contributed by atoms with E-state index in [1.807, 2.05) is 30.3 Å². The molecule has 0 aliphatic heterocycles. The number of methoxy groups -OCH3 is 1. The molecule has 0 fully saturated rings. The molecule has 0 radical (unpaired) electrons. The maximum atomic E-state index is 5.70. The Bertz CT molecular complexity index is 539. The Balaban J connectivity index is 2.19. The lowest BCUT2D eigenvalue weighted by molar-refractivity contribution is 0.384. The van der Waals surface area contributed by atoms with Crippen LogP contribution in [-0.2, 0) is 6.42 Å². The third-order valence-corrected chi connectivity index (χ3v) is 3.62. The number of para-hydroxylation sites is 1. The van der Waals surface area contributed by atoms with E-state index in [1.165, 1.54) is 5.56 Å². The maximum absolute atomic E-state index is 5.70. The molecule has 1 atom stereocenters. The Morgan fingerprint density at radius 3 is 2.70 bits per heavy atom. The van der Waals surface area contributed by atoms with Crippen molar-refractivity contribution in [3.8, 4) is 5.75 Å². The first-order valence-electron chi connectivity index (χ1n) is 6.85. The van der Waals surface area contributed by atoms with Crippen molar-refractivity contribution in [2.75, 3.05) is 13.7 Å².